The Balaban J connectivity index is 1.37. The molecular weight excluding hydrogens is 606 g/mol. The van der Waals surface area contributed by atoms with Gasteiger partial charge in [-0.3, -0.25) is 4.79 Å². The number of nitrogens with zero attached hydrogens (tertiary/aromatic N) is 2. The first-order valence-corrected chi connectivity index (χ1v) is 15.6. The van der Waals surface area contributed by atoms with Gasteiger partial charge in [0.15, 0.2) is 17.3 Å². The van der Waals surface area contributed by atoms with Crippen LogP contribution in [0.2, 0.25) is 5.15 Å². The van der Waals surface area contributed by atoms with Crippen molar-refractivity contribution in [1.82, 2.24) is 15.3 Å². The van der Waals surface area contributed by atoms with Gasteiger partial charge in [-0.2, -0.15) is 0 Å². The van der Waals surface area contributed by atoms with E-state index in [4.69, 9.17) is 30.8 Å². The van der Waals surface area contributed by atoms with Crippen molar-refractivity contribution in [3.63, 3.8) is 0 Å². The van der Waals surface area contributed by atoms with E-state index in [9.17, 15) is 14.7 Å². The van der Waals surface area contributed by atoms with Gasteiger partial charge >= 0.3 is 6.09 Å². The van der Waals surface area contributed by atoms with Gasteiger partial charge in [-0.05, 0) is 93.6 Å². The number of methoxy groups -OCH3 is 1. The molecule has 46 heavy (non-hydrogen) atoms. The molecule has 1 fully saturated rings. The number of rotatable bonds is 13. The van der Waals surface area contributed by atoms with E-state index in [0.29, 0.717) is 39.6 Å². The summed E-state index contributed by atoms with van der Waals surface area (Å²) in [4.78, 5) is 35.0. The molecule has 1 amide bonds. The minimum Gasteiger partial charge on any atom is -0.493 e. The first kappa shape index (κ1) is 32.9. The molecule has 9 nitrogen and oxygen atoms in total. The molecule has 2 aromatic heterocycles. The van der Waals surface area contributed by atoms with Crippen LogP contribution in [0.3, 0.4) is 0 Å². The highest BCUT2D eigenvalue weighted by Gasteiger charge is 2.32. The molecular formula is C36H38ClN3O6. The maximum atomic E-state index is 13.3. The number of halogens is 1. The lowest BCUT2D eigenvalue weighted by atomic mass is 9.87. The summed E-state index contributed by atoms with van der Waals surface area (Å²) in [6, 6.07) is 21.5. The first-order valence-electron chi connectivity index (χ1n) is 15.2. The number of hydrogen-bond acceptors (Lipinski definition) is 8. The fraction of sp³-hybridized carbons (Fsp3) is 0.333. The van der Waals surface area contributed by atoms with Gasteiger partial charge in [-0.1, -0.05) is 41.9 Å². The number of Topliss-reactive ketones (excluding diaryl/α,β-unsaturated/α-hetero) is 1. The van der Waals surface area contributed by atoms with E-state index in [-0.39, 0.29) is 36.5 Å². The van der Waals surface area contributed by atoms with Crippen LogP contribution in [-0.4, -0.2) is 40.2 Å². The van der Waals surface area contributed by atoms with Crippen molar-refractivity contribution < 1.29 is 28.9 Å². The molecule has 4 aromatic rings. The Kier molecular flexibility index (Phi) is 9.94. The molecule has 1 saturated carbocycles. The van der Waals surface area contributed by atoms with Gasteiger partial charge in [0.25, 0.3) is 0 Å². The first-order chi connectivity index (χ1) is 21.9. The number of ether oxygens (including phenoxy) is 3. The standard InChI is InChI=1S/C36H38ClN3O6/c1-35(2,40-34(42)45-22-23-8-6-5-7-9-23)26-20-28(24-15-17-38-33(37)19-24)39-32(21-26)36(3,43)16-14-29(41)25-10-13-30(31(18-25)44-4)46-27-11-12-27/h5-10,13,15,17-21,27,43H,11-12,14,16,22H2,1-4H3,(H,40,42). The number of aliphatic hydroxyl groups is 1. The second kappa shape index (κ2) is 13.9. The minimum atomic E-state index is -1.50. The van der Waals surface area contributed by atoms with Gasteiger partial charge in [0.2, 0.25) is 0 Å². The van der Waals surface area contributed by atoms with E-state index in [1.807, 2.05) is 50.2 Å². The van der Waals surface area contributed by atoms with E-state index in [0.717, 1.165) is 18.4 Å². The molecule has 2 aromatic carbocycles. The monoisotopic (exact) mass is 643 g/mol. The van der Waals surface area contributed by atoms with E-state index in [1.54, 1.807) is 56.6 Å². The Morgan fingerprint density at radius 2 is 1.76 bits per heavy atom. The number of benzene rings is 2. The molecule has 1 atom stereocenters. The Morgan fingerprint density at radius 3 is 2.46 bits per heavy atom. The number of pyridine rings is 2. The van der Waals surface area contributed by atoms with Crippen molar-refractivity contribution in [3.05, 3.63) is 107 Å². The number of alkyl carbamates (subject to hydrolysis) is 1. The van der Waals surface area contributed by atoms with Crippen molar-refractivity contribution >= 4 is 23.5 Å². The molecule has 0 bridgehead atoms. The lowest BCUT2D eigenvalue weighted by Crippen LogP contribution is -2.41. The quantitative estimate of drug-likeness (QED) is 0.114. The number of hydrogen-bond donors (Lipinski definition) is 2. The summed E-state index contributed by atoms with van der Waals surface area (Å²) in [6.07, 6.45) is 3.33. The van der Waals surface area contributed by atoms with E-state index in [1.165, 1.54) is 0 Å². The molecule has 2 heterocycles. The molecule has 10 heteroatoms. The highest BCUT2D eigenvalue weighted by Crippen LogP contribution is 2.36. The highest BCUT2D eigenvalue weighted by molar-refractivity contribution is 6.29. The Labute approximate surface area is 273 Å². The van der Waals surface area contributed by atoms with Crippen LogP contribution in [0.1, 0.15) is 73.6 Å². The third-order valence-corrected chi connectivity index (χ3v) is 8.10. The molecule has 0 saturated heterocycles. The zero-order valence-electron chi connectivity index (χ0n) is 26.4. The summed E-state index contributed by atoms with van der Waals surface area (Å²) in [5.74, 6) is 0.951. The van der Waals surface area contributed by atoms with Gasteiger partial charge in [0.1, 0.15) is 17.4 Å². The summed E-state index contributed by atoms with van der Waals surface area (Å²) in [6.45, 7) is 5.41. The van der Waals surface area contributed by atoms with Gasteiger partial charge in [0.05, 0.1) is 30.1 Å². The van der Waals surface area contributed by atoms with Crippen molar-refractivity contribution in [2.24, 2.45) is 0 Å². The lowest BCUT2D eigenvalue weighted by molar-refractivity contribution is 0.0396. The van der Waals surface area contributed by atoms with Crippen LogP contribution < -0.4 is 14.8 Å². The number of carbonyl (C=O) groups excluding carboxylic acids is 2. The number of aromatic nitrogens is 2. The molecule has 0 radical (unpaired) electrons. The fourth-order valence-electron chi connectivity index (χ4n) is 4.90. The lowest BCUT2D eigenvalue weighted by Gasteiger charge is -2.30. The summed E-state index contributed by atoms with van der Waals surface area (Å²) in [7, 11) is 1.54. The van der Waals surface area contributed by atoms with E-state index >= 15 is 0 Å². The summed E-state index contributed by atoms with van der Waals surface area (Å²) >= 11 is 6.19. The number of ketones is 1. The highest BCUT2D eigenvalue weighted by atomic mass is 35.5. The zero-order chi connectivity index (χ0) is 32.9. The molecule has 0 spiro atoms. The molecule has 1 aliphatic carbocycles. The third kappa shape index (κ3) is 8.41. The average molecular weight is 644 g/mol. The zero-order valence-corrected chi connectivity index (χ0v) is 27.1. The molecule has 1 aliphatic rings. The summed E-state index contributed by atoms with van der Waals surface area (Å²) in [5.41, 5.74) is 1.10. The third-order valence-electron chi connectivity index (χ3n) is 7.89. The van der Waals surface area contributed by atoms with Gasteiger partial charge in [-0.15, -0.1) is 0 Å². The minimum absolute atomic E-state index is 0.0504. The predicted molar refractivity (Wildman–Crippen MR) is 175 cm³/mol. The average Bonchev–Trinajstić information content (AvgIpc) is 3.87. The molecule has 0 aliphatic heterocycles. The summed E-state index contributed by atoms with van der Waals surface area (Å²) in [5, 5.41) is 14.9. The fourth-order valence-corrected chi connectivity index (χ4v) is 5.07. The second-order valence-corrected chi connectivity index (χ2v) is 12.6. The normalized spacial score (nSPS) is 14.2. The van der Waals surface area contributed by atoms with Crippen LogP contribution in [0.15, 0.2) is 79.0 Å². The van der Waals surface area contributed by atoms with Crippen LogP contribution in [0.25, 0.3) is 11.3 Å². The SMILES string of the molecule is COc1cc(C(=O)CCC(C)(O)c2cc(C(C)(C)NC(=O)OCc3ccccc3)cc(-c3ccnc(Cl)c3)n2)ccc1OC1CC1. The van der Waals surface area contributed by atoms with Crippen LogP contribution in [0.5, 0.6) is 11.5 Å². The maximum absolute atomic E-state index is 13.3. The van der Waals surface area contributed by atoms with E-state index in [2.05, 4.69) is 10.3 Å². The van der Waals surface area contributed by atoms with Crippen LogP contribution in [0.4, 0.5) is 4.79 Å². The number of nitrogens with one attached hydrogen (secondary N) is 1. The van der Waals surface area contributed by atoms with Crippen LogP contribution in [-0.2, 0) is 22.5 Å². The van der Waals surface area contributed by atoms with Crippen molar-refractivity contribution in [2.45, 2.75) is 70.3 Å². The molecule has 2 N–H and O–H groups in total. The van der Waals surface area contributed by atoms with Crippen molar-refractivity contribution in [1.29, 1.82) is 0 Å². The Morgan fingerprint density at radius 1 is 1.00 bits per heavy atom. The van der Waals surface area contributed by atoms with Crippen molar-refractivity contribution in [2.75, 3.05) is 7.11 Å². The topological polar surface area (TPSA) is 120 Å². The molecule has 240 valence electrons. The van der Waals surface area contributed by atoms with Gasteiger partial charge in [0, 0.05) is 23.7 Å². The number of amides is 1. The molecule has 1 unspecified atom stereocenters. The van der Waals surface area contributed by atoms with Crippen molar-refractivity contribution in [3.8, 4) is 22.8 Å². The largest absolute Gasteiger partial charge is 0.493 e. The smallest absolute Gasteiger partial charge is 0.408 e. The number of carbonyl (C=O) groups is 2. The van der Waals surface area contributed by atoms with Crippen LogP contribution in [0, 0.1) is 0 Å². The second-order valence-electron chi connectivity index (χ2n) is 12.2. The predicted octanol–water partition coefficient (Wildman–Crippen LogP) is 7.38. The Bertz CT molecular complexity index is 1710. The van der Waals surface area contributed by atoms with Crippen LogP contribution >= 0.6 is 11.6 Å². The van der Waals surface area contributed by atoms with E-state index < -0.39 is 17.2 Å². The Hall–Kier alpha value is -4.47. The molecule has 5 rings (SSSR count). The van der Waals surface area contributed by atoms with Gasteiger partial charge in [-0.25, -0.2) is 14.8 Å². The van der Waals surface area contributed by atoms with Gasteiger partial charge < -0.3 is 24.6 Å². The maximum Gasteiger partial charge on any atom is 0.408 e. The summed E-state index contributed by atoms with van der Waals surface area (Å²) < 4.78 is 16.8.